The van der Waals surface area contributed by atoms with Gasteiger partial charge in [0, 0.05) is 18.0 Å². The van der Waals surface area contributed by atoms with Crippen LogP contribution in [0.1, 0.15) is 72.7 Å². The minimum atomic E-state index is 0.00461. The number of rotatable bonds is 4. The second-order valence-corrected chi connectivity index (χ2v) is 9.52. The van der Waals surface area contributed by atoms with E-state index in [0.29, 0.717) is 11.8 Å². The van der Waals surface area contributed by atoms with E-state index in [1.165, 1.54) is 27.8 Å². The predicted molar refractivity (Wildman–Crippen MR) is 121 cm³/mol. The molecule has 2 aromatic rings. The SMILES string of the molecule is Cc1ccc(C2SCCN2C(=O)Nc2c(C(C)C)cccc2C(C)C)c(C)c1. The molecule has 0 spiro atoms. The molecule has 1 atom stereocenters. The third-order valence-electron chi connectivity index (χ3n) is 5.45. The highest BCUT2D eigenvalue weighted by Crippen LogP contribution is 2.40. The summed E-state index contributed by atoms with van der Waals surface area (Å²) in [5, 5.41) is 3.37. The fourth-order valence-corrected chi connectivity index (χ4v) is 5.26. The number of hydrogen-bond acceptors (Lipinski definition) is 2. The highest BCUT2D eigenvalue weighted by atomic mass is 32.2. The maximum Gasteiger partial charge on any atom is 0.323 e. The molecular weight excluding hydrogens is 364 g/mol. The normalized spacial score (nSPS) is 16.9. The second-order valence-electron chi connectivity index (χ2n) is 8.33. The summed E-state index contributed by atoms with van der Waals surface area (Å²) in [5.41, 5.74) is 7.15. The fourth-order valence-electron chi connectivity index (χ4n) is 3.91. The summed E-state index contributed by atoms with van der Waals surface area (Å²) in [6, 6.07) is 12.9. The molecule has 1 aliphatic rings. The average Bonchev–Trinajstić information content (AvgIpc) is 3.11. The number of urea groups is 1. The number of nitrogens with zero attached hydrogens (tertiary/aromatic N) is 1. The van der Waals surface area contributed by atoms with E-state index in [1.54, 1.807) is 0 Å². The number of carbonyl (C=O) groups is 1. The van der Waals surface area contributed by atoms with Crippen molar-refractivity contribution in [3.63, 3.8) is 0 Å². The van der Waals surface area contributed by atoms with Gasteiger partial charge in [-0.3, -0.25) is 0 Å². The van der Waals surface area contributed by atoms with Crippen LogP contribution in [0.3, 0.4) is 0 Å². The van der Waals surface area contributed by atoms with Gasteiger partial charge in [-0.2, -0.15) is 0 Å². The van der Waals surface area contributed by atoms with E-state index in [1.807, 2.05) is 16.7 Å². The van der Waals surface area contributed by atoms with Crippen molar-refractivity contribution in [1.82, 2.24) is 4.90 Å². The summed E-state index contributed by atoms with van der Waals surface area (Å²) in [6.07, 6.45) is 0. The molecule has 1 heterocycles. The molecule has 0 aromatic heterocycles. The molecule has 0 aliphatic carbocycles. The van der Waals surface area contributed by atoms with Crippen molar-refractivity contribution in [3.8, 4) is 0 Å². The molecule has 0 bridgehead atoms. The zero-order valence-electron chi connectivity index (χ0n) is 17.9. The Kier molecular flexibility index (Phi) is 6.39. The molecule has 3 nitrogen and oxygen atoms in total. The largest absolute Gasteiger partial charge is 0.323 e. The van der Waals surface area contributed by atoms with Crippen LogP contribution < -0.4 is 5.32 Å². The summed E-state index contributed by atoms with van der Waals surface area (Å²) in [7, 11) is 0. The standard InChI is InChI=1S/C24H32N2OS/c1-15(2)19-8-7-9-20(16(3)4)22(19)25-24(27)26-12-13-28-23(26)21-11-10-17(5)14-18(21)6/h7-11,14-16,23H,12-13H2,1-6H3,(H,25,27). The number of para-hydroxylation sites is 1. The molecule has 1 N–H and O–H groups in total. The molecule has 4 heteroatoms. The van der Waals surface area contributed by atoms with Gasteiger partial charge in [-0.1, -0.05) is 69.7 Å². The predicted octanol–water partition coefficient (Wildman–Crippen LogP) is 6.83. The number of carbonyl (C=O) groups excluding carboxylic acids is 1. The fraction of sp³-hybridized carbons (Fsp3) is 0.458. The molecule has 0 saturated carbocycles. The smallest absolute Gasteiger partial charge is 0.308 e. The van der Waals surface area contributed by atoms with Gasteiger partial charge in [0.1, 0.15) is 5.37 Å². The molecular formula is C24H32N2OS. The minimum absolute atomic E-state index is 0.00461. The minimum Gasteiger partial charge on any atom is -0.308 e. The highest BCUT2D eigenvalue weighted by molar-refractivity contribution is 7.99. The van der Waals surface area contributed by atoms with Gasteiger partial charge >= 0.3 is 6.03 Å². The van der Waals surface area contributed by atoms with E-state index in [0.717, 1.165) is 18.0 Å². The highest BCUT2D eigenvalue weighted by Gasteiger charge is 2.32. The van der Waals surface area contributed by atoms with Crippen molar-refractivity contribution in [2.45, 2.75) is 58.8 Å². The van der Waals surface area contributed by atoms with E-state index < -0.39 is 0 Å². The number of anilines is 1. The van der Waals surface area contributed by atoms with Crippen molar-refractivity contribution in [1.29, 1.82) is 0 Å². The number of nitrogens with one attached hydrogen (secondary N) is 1. The zero-order valence-corrected chi connectivity index (χ0v) is 18.7. The lowest BCUT2D eigenvalue weighted by Gasteiger charge is -2.28. The molecule has 1 fully saturated rings. The lowest BCUT2D eigenvalue weighted by Crippen LogP contribution is -2.35. The van der Waals surface area contributed by atoms with Crippen LogP contribution in [0.25, 0.3) is 0 Å². The topological polar surface area (TPSA) is 32.3 Å². The monoisotopic (exact) mass is 396 g/mol. The Morgan fingerprint density at radius 3 is 2.29 bits per heavy atom. The van der Waals surface area contributed by atoms with Gasteiger partial charge in [0.15, 0.2) is 0 Å². The Balaban J connectivity index is 1.90. The molecule has 150 valence electrons. The first-order chi connectivity index (χ1) is 13.3. The number of aryl methyl sites for hydroxylation is 2. The second kappa shape index (κ2) is 8.60. The molecule has 3 rings (SSSR count). The van der Waals surface area contributed by atoms with Gasteiger partial charge < -0.3 is 10.2 Å². The maximum atomic E-state index is 13.3. The number of thioether (sulfide) groups is 1. The van der Waals surface area contributed by atoms with Crippen molar-refractivity contribution in [3.05, 3.63) is 64.2 Å². The summed E-state index contributed by atoms with van der Waals surface area (Å²) in [5.74, 6) is 1.68. The lowest BCUT2D eigenvalue weighted by molar-refractivity contribution is 0.214. The van der Waals surface area contributed by atoms with E-state index in [9.17, 15) is 4.79 Å². The van der Waals surface area contributed by atoms with Crippen molar-refractivity contribution < 1.29 is 4.79 Å². The van der Waals surface area contributed by atoms with Crippen LogP contribution in [0.5, 0.6) is 0 Å². The van der Waals surface area contributed by atoms with Crippen LogP contribution in [0.4, 0.5) is 10.5 Å². The first-order valence-corrected chi connectivity index (χ1v) is 11.2. The summed E-state index contributed by atoms with van der Waals surface area (Å²) < 4.78 is 0. The van der Waals surface area contributed by atoms with E-state index in [2.05, 4.69) is 83.3 Å². The summed E-state index contributed by atoms with van der Waals surface area (Å²) in [4.78, 5) is 15.3. The average molecular weight is 397 g/mol. The molecule has 1 saturated heterocycles. The molecule has 0 radical (unpaired) electrons. The van der Waals surface area contributed by atoms with Gasteiger partial charge in [0.05, 0.1) is 0 Å². The third-order valence-corrected chi connectivity index (χ3v) is 6.69. The molecule has 2 amide bonds. The van der Waals surface area contributed by atoms with Crippen LogP contribution in [-0.2, 0) is 0 Å². The maximum absolute atomic E-state index is 13.3. The van der Waals surface area contributed by atoms with Crippen molar-refractivity contribution in [2.24, 2.45) is 0 Å². The van der Waals surface area contributed by atoms with Crippen LogP contribution in [-0.4, -0.2) is 23.2 Å². The Bertz CT molecular complexity index is 833. The van der Waals surface area contributed by atoms with Gasteiger partial charge in [0.2, 0.25) is 0 Å². The van der Waals surface area contributed by atoms with Crippen LogP contribution >= 0.6 is 11.8 Å². The first-order valence-electron chi connectivity index (χ1n) is 10.2. The molecule has 28 heavy (non-hydrogen) atoms. The van der Waals surface area contributed by atoms with Gasteiger partial charge in [-0.15, -0.1) is 11.8 Å². The number of hydrogen-bond donors (Lipinski definition) is 1. The lowest BCUT2D eigenvalue weighted by atomic mass is 9.93. The van der Waals surface area contributed by atoms with Gasteiger partial charge in [-0.05, 0) is 47.9 Å². The van der Waals surface area contributed by atoms with Crippen LogP contribution in [0, 0.1) is 13.8 Å². The first kappa shape index (κ1) is 20.8. The third kappa shape index (κ3) is 4.22. The Labute approximate surface area is 173 Å². The molecule has 1 aliphatic heterocycles. The summed E-state index contributed by atoms with van der Waals surface area (Å²) in [6.45, 7) is 13.7. The van der Waals surface area contributed by atoms with Crippen molar-refractivity contribution in [2.75, 3.05) is 17.6 Å². The van der Waals surface area contributed by atoms with Crippen molar-refractivity contribution >= 4 is 23.5 Å². The Morgan fingerprint density at radius 2 is 1.71 bits per heavy atom. The van der Waals surface area contributed by atoms with Crippen LogP contribution in [0.2, 0.25) is 0 Å². The number of benzene rings is 2. The molecule has 2 aromatic carbocycles. The molecule has 1 unspecified atom stereocenters. The quantitative estimate of drug-likeness (QED) is 0.614. The number of amides is 2. The van der Waals surface area contributed by atoms with E-state index in [-0.39, 0.29) is 11.4 Å². The Morgan fingerprint density at radius 1 is 1.07 bits per heavy atom. The van der Waals surface area contributed by atoms with Gasteiger partial charge in [-0.25, -0.2) is 4.79 Å². The zero-order chi connectivity index (χ0) is 20.4. The summed E-state index contributed by atoms with van der Waals surface area (Å²) >= 11 is 1.85. The van der Waals surface area contributed by atoms with Crippen LogP contribution in [0.15, 0.2) is 36.4 Å². The van der Waals surface area contributed by atoms with E-state index >= 15 is 0 Å². The van der Waals surface area contributed by atoms with Gasteiger partial charge in [0.25, 0.3) is 0 Å². The van der Waals surface area contributed by atoms with E-state index in [4.69, 9.17) is 0 Å². The Hall–Kier alpha value is -1.94.